The van der Waals surface area contributed by atoms with E-state index in [0.717, 1.165) is 16.5 Å². The number of para-hydroxylation sites is 1. The summed E-state index contributed by atoms with van der Waals surface area (Å²) in [5.74, 6) is -0.0195. The van der Waals surface area contributed by atoms with Gasteiger partial charge in [-0.2, -0.15) is 5.10 Å². The van der Waals surface area contributed by atoms with Crippen LogP contribution < -0.4 is 5.32 Å². The molecule has 1 saturated heterocycles. The van der Waals surface area contributed by atoms with Crippen LogP contribution in [-0.2, 0) is 11.8 Å². The molecule has 0 bridgehead atoms. The van der Waals surface area contributed by atoms with Crippen molar-refractivity contribution < 1.29 is 9.59 Å². The first kappa shape index (κ1) is 20.9. The molecule has 1 aromatic carbocycles. The highest BCUT2D eigenvalue weighted by Crippen LogP contribution is 2.19. The third-order valence-electron chi connectivity index (χ3n) is 5.23. The van der Waals surface area contributed by atoms with E-state index in [4.69, 9.17) is 0 Å². The molecule has 2 aromatic heterocycles. The second kappa shape index (κ2) is 8.67. The molecule has 3 heterocycles. The molecule has 9 heteroatoms. The van der Waals surface area contributed by atoms with Crippen LogP contribution in [0.25, 0.3) is 10.9 Å². The van der Waals surface area contributed by atoms with Crippen molar-refractivity contribution in [2.45, 2.75) is 6.04 Å². The standard InChI is InChI=1S/C20H24N6O2.ClH/c1-21-18(15-12-22-24(2)13-15)20(28)26-9-7-25(8-10-26)19(27)17-11-14-5-3-4-6-16(14)23-17;/h3-6,11-13,18,21,23H,7-10H2,1-2H3;1H. The topological polar surface area (TPSA) is 86.3 Å². The van der Waals surface area contributed by atoms with Gasteiger partial charge in [0.2, 0.25) is 5.91 Å². The highest BCUT2D eigenvalue weighted by molar-refractivity contribution is 5.98. The second-order valence-corrected chi connectivity index (χ2v) is 7.06. The van der Waals surface area contributed by atoms with Crippen LogP contribution in [0.1, 0.15) is 22.1 Å². The van der Waals surface area contributed by atoms with E-state index < -0.39 is 6.04 Å². The number of aromatic amines is 1. The number of carbonyl (C=O) groups is 2. The summed E-state index contributed by atoms with van der Waals surface area (Å²) in [4.78, 5) is 32.5. The molecule has 4 rings (SSSR count). The molecule has 154 valence electrons. The van der Waals surface area contributed by atoms with Crippen LogP contribution in [0, 0.1) is 0 Å². The number of amides is 2. The zero-order valence-corrected chi connectivity index (χ0v) is 17.3. The van der Waals surface area contributed by atoms with Gasteiger partial charge in [-0.05, 0) is 19.2 Å². The van der Waals surface area contributed by atoms with Crippen LogP contribution in [0.15, 0.2) is 42.7 Å². The Morgan fingerprint density at radius 3 is 2.45 bits per heavy atom. The monoisotopic (exact) mass is 416 g/mol. The molecule has 1 unspecified atom stereocenters. The average molecular weight is 417 g/mol. The number of piperazine rings is 1. The number of hydrogen-bond donors (Lipinski definition) is 2. The van der Waals surface area contributed by atoms with Crippen LogP contribution in [-0.4, -0.2) is 69.6 Å². The largest absolute Gasteiger partial charge is 0.351 e. The molecule has 0 radical (unpaired) electrons. The van der Waals surface area contributed by atoms with Gasteiger partial charge in [-0.3, -0.25) is 14.3 Å². The van der Waals surface area contributed by atoms with Gasteiger partial charge in [0, 0.05) is 55.9 Å². The third-order valence-corrected chi connectivity index (χ3v) is 5.23. The quantitative estimate of drug-likeness (QED) is 0.676. The first-order chi connectivity index (χ1) is 13.6. The molecule has 0 saturated carbocycles. The second-order valence-electron chi connectivity index (χ2n) is 7.06. The molecule has 0 aliphatic carbocycles. The number of aromatic nitrogens is 3. The Balaban J connectivity index is 0.00000240. The van der Waals surface area contributed by atoms with E-state index >= 15 is 0 Å². The first-order valence-electron chi connectivity index (χ1n) is 9.38. The number of halogens is 1. The minimum Gasteiger partial charge on any atom is -0.351 e. The number of carbonyl (C=O) groups excluding carboxylic acids is 2. The average Bonchev–Trinajstić information content (AvgIpc) is 3.34. The first-order valence-corrected chi connectivity index (χ1v) is 9.38. The van der Waals surface area contributed by atoms with Gasteiger partial charge in [0.1, 0.15) is 11.7 Å². The van der Waals surface area contributed by atoms with Crippen LogP contribution in [0.5, 0.6) is 0 Å². The van der Waals surface area contributed by atoms with Crippen molar-refractivity contribution in [3.63, 3.8) is 0 Å². The molecular formula is C20H25ClN6O2. The van der Waals surface area contributed by atoms with Gasteiger partial charge in [0.05, 0.1) is 6.20 Å². The van der Waals surface area contributed by atoms with E-state index in [0.29, 0.717) is 31.9 Å². The fraction of sp³-hybridized carbons (Fsp3) is 0.350. The van der Waals surface area contributed by atoms with Crippen LogP contribution >= 0.6 is 12.4 Å². The number of hydrogen-bond acceptors (Lipinski definition) is 4. The van der Waals surface area contributed by atoms with Gasteiger partial charge in [-0.1, -0.05) is 18.2 Å². The Morgan fingerprint density at radius 2 is 1.83 bits per heavy atom. The van der Waals surface area contributed by atoms with Crippen molar-refractivity contribution in [1.29, 1.82) is 0 Å². The summed E-state index contributed by atoms with van der Waals surface area (Å²) >= 11 is 0. The summed E-state index contributed by atoms with van der Waals surface area (Å²) in [5.41, 5.74) is 2.38. The predicted octanol–water partition coefficient (Wildman–Crippen LogP) is 1.57. The molecule has 1 aliphatic heterocycles. The van der Waals surface area contributed by atoms with Crippen LogP contribution in [0.4, 0.5) is 0 Å². The van der Waals surface area contributed by atoms with Crippen molar-refractivity contribution in [2.24, 2.45) is 7.05 Å². The molecule has 2 amide bonds. The fourth-order valence-corrected chi connectivity index (χ4v) is 3.69. The summed E-state index contributed by atoms with van der Waals surface area (Å²) in [7, 11) is 3.60. The number of benzene rings is 1. The van der Waals surface area contributed by atoms with Crippen LogP contribution in [0.2, 0.25) is 0 Å². The molecule has 1 aliphatic rings. The van der Waals surface area contributed by atoms with Crippen molar-refractivity contribution in [2.75, 3.05) is 33.2 Å². The summed E-state index contributed by atoms with van der Waals surface area (Å²) in [6.07, 6.45) is 3.55. The highest BCUT2D eigenvalue weighted by Gasteiger charge is 2.30. The lowest BCUT2D eigenvalue weighted by atomic mass is 10.1. The normalized spacial score (nSPS) is 15.2. The number of nitrogens with one attached hydrogen (secondary N) is 2. The maximum atomic E-state index is 12.9. The Hall–Kier alpha value is -2.84. The van der Waals surface area contributed by atoms with Gasteiger partial charge in [-0.25, -0.2) is 0 Å². The molecule has 3 aromatic rings. The van der Waals surface area contributed by atoms with E-state index in [9.17, 15) is 9.59 Å². The SMILES string of the molecule is CNC(C(=O)N1CCN(C(=O)c2cc3ccccc3[nH]2)CC1)c1cnn(C)c1.Cl. The minimum absolute atomic E-state index is 0. The number of nitrogens with zero attached hydrogens (tertiary/aromatic N) is 4. The number of aryl methyl sites for hydroxylation is 1. The highest BCUT2D eigenvalue weighted by atomic mass is 35.5. The summed E-state index contributed by atoms with van der Waals surface area (Å²) in [6, 6.07) is 9.29. The van der Waals surface area contributed by atoms with Gasteiger partial charge >= 0.3 is 0 Å². The van der Waals surface area contributed by atoms with Crippen molar-refractivity contribution >= 4 is 35.1 Å². The Bertz CT molecular complexity index is 972. The van der Waals surface area contributed by atoms with E-state index in [-0.39, 0.29) is 24.2 Å². The lowest BCUT2D eigenvalue weighted by Crippen LogP contribution is -2.52. The number of rotatable bonds is 4. The summed E-state index contributed by atoms with van der Waals surface area (Å²) < 4.78 is 1.68. The van der Waals surface area contributed by atoms with Crippen molar-refractivity contribution in [1.82, 2.24) is 29.9 Å². The Kier molecular flexibility index (Phi) is 6.24. The van der Waals surface area contributed by atoms with Crippen LogP contribution in [0.3, 0.4) is 0 Å². The molecule has 1 fully saturated rings. The van der Waals surface area contributed by atoms with Crippen molar-refractivity contribution in [3.8, 4) is 0 Å². The minimum atomic E-state index is -0.426. The molecule has 29 heavy (non-hydrogen) atoms. The maximum Gasteiger partial charge on any atom is 0.270 e. The number of fused-ring (bicyclic) bond motifs is 1. The van der Waals surface area contributed by atoms with E-state index in [2.05, 4.69) is 15.4 Å². The summed E-state index contributed by atoms with van der Waals surface area (Å²) in [6.45, 7) is 2.07. The molecule has 8 nitrogen and oxygen atoms in total. The molecule has 2 N–H and O–H groups in total. The maximum absolute atomic E-state index is 12.9. The molecule has 1 atom stereocenters. The van der Waals surface area contributed by atoms with Gasteiger partial charge in [0.15, 0.2) is 0 Å². The number of H-pyrrole nitrogens is 1. The van der Waals surface area contributed by atoms with Gasteiger partial charge < -0.3 is 20.1 Å². The fourth-order valence-electron chi connectivity index (χ4n) is 3.69. The van der Waals surface area contributed by atoms with Crippen molar-refractivity contribution in [3.05, 3.63) is 54.0 Å². The molecule has 0 spiro atoms. The number of likely N-dealkylation sites (N-methyl/N-ethyl adjacent to an activating group) is 1. The smallest absolute Gasteiger partial charge is 0.270 e. The zero-order chi connectivity index (χ0) is 19.7. The van der Waals surface area contributed by atoms with Gasteiger partial charge in [-0.15, -0.1) is 12.4 Å². The Labute approximate surface area is 175 Å². The third kappa shape index (κ3) is 4.13. The van der Waals surface area contributed by atoms with E-state index in [1.54, 1.807) is 22.8 Å². The lowest BCUT2D eigenvalue weighted by molar-refractivity contribution is -0.135. The van der Waals surface area contributed by atoms with E-state index in [1.807, 2.05) is 48.5 Å². The van der Waals surface area contributed by atoms with E-state index in [1.165, 1.54) is 0 Å². The molecular weight excluding hydrogens is 392 g/mol. The summed E-state index contributed by atoms with van der Waals surface area (Å²) in [5, 5.41) is 8.24. The Morgan fingerprint density at radius 1 is 1.14 bits per heavy atom. The van der Waals surface area contributed by atoms with Gasteiger partial charge in [0.25, 0.3) is 5.91 Å². The lowest BCUT2D eigenvalue weighted by Gasteiger charge is -2.36. The predicted molar refractivity (Wildman–Crippen MR) is 113 cm³/mol. The zero-order valence-electron chi connectivity index (χ0n) is 16.5.